The molecule has 21 heavy (non-hydrogen) atoms. The van der Waals surface area contributed by atoms with Crippen LogP contribution in [0.4, 0.5) is 11.4 Å². The van der Waals surface area contributed by atoms with Gasteiger partial charge in [0.05, 0.1) is 18.5 Å². The molecule has 0 saturated carbocycles. The van der Waals surface area contributed by atoms with Crippen LogP contribution in [0.15, 0.2) is 18.2 Å². The fourth-order valence-corrected chi connectivity index (χ4v) is 1.88. The minimum Gasteiger partial charge on any atom is -0.497 e. The number of carbonyl (C=O) groups is 1. The highest BCUT2D eigenvalue weighted by atomic mass is 16.5. The number of hydrogen-bond donors (Lipinski definition) is 2. The number of unbranched alkanes of at least 4 members (excludes halogenated alkanes) is 3. The molecule has 0 aliphatic heterocycles. The van der Waals surface area contributed by atoms with Crippen LogP contribution in [0.5, 0.6) is 5.75 Å². The molecule has 3 N–H and O–H groups in total. The van der Waals surface area contributed by atoms with Gasteiger partial charge in [-0.1, -0.05) is 26.2 Å². The third-order valence-corrected chi connectivity index (χ3v) is 3.25. The van der Waals surface area contributed by atoms with Crippen molar-refractivity contribution in [3.63, 3.8) is 0 Å². The molecule has 1 atom stereocenters. The number of nitrogens with one attached hydrogen (secondary N) is 1. The van der Waals surface area contributed by atoms with Crippen LogP contribution in [0.3, 0.4) is 0 Å². The molecule has 118 valence electrons. The van der Waals surface area contributed by atoms with Crippen LogP contribution in [0.1, 0.15) is 39.5 Å². The minimum atomic E-state index is -0.492. The second-order valence-corrected chi connectivity index (χ2v) is 5.02. The summed E-state index contributed by atoms with van der Waals surface area (Å²) in [6.07, 6.45) is 4.01. The highest BCUT2D eigenvalue weighted by Gasteiger charge is 2.14. The number of methoxy groups -OCH3 is 1. The van der Waals surface area contributed by atoms with Crippen molar-refractivity contribution < 1.29 is 14.3 Å². The van der Waals surface area contributed by atoms with Gasteiger partial charge in [0.25, 0.3) is 5.91 Å². The van der Waals surface area contributed by atoms with Crippen molar-refractivity contribution >= 4 is 17.3 Å². The SMILES string of the molecule is CCCCCCOC(C)C(=O)Nc1ccc(OC)cc1N. The van der Waals surface area contributed by atoms with Crippen LogP contribution < -0.4 is 15.8 Å². The van der Waals surface area contributed by atoms with Crippen LogP contribution in [-0.4, -0.2) is 25.7 Å². The van der Waals surface area contributed by atoms with E-state index in [1.54, 1.807) is 32.2 Å². The number of nitrogens with two attached hydrogens (primary N) is 1. The zero-order valence-corrected chi connectivity index (χ0v) is 13.1. The molecule has 1 amide bonds. The Morgan fingerprint density at radius 2 is 2.10 bits per heavy atom. The lowest BCUT2D eigenvalue weighted by atomic mass is 10.2. The van der Waals surface area contributed by atoms with Gasteiger partial charge >= 0.3 is 0 Å². The van der Waals surface area contributed by atoms with E-state index in [2.05, 4.69) is 12.2 Å². The molecule has 1 rings (SSSR count). The summed E-state index contributed by atoms with van der Waals surface area (Å²) in [5, 5.41) is 2.77. The fraction of sp³-hybridized carbons (Fsp3) is 0.562. The molecule has 0 bridgehead atoms. The molecule has 1 aromatic rings. The van der Waals surface area contributed by atoms with Crippen molar-refractivity contribution in [3.05, 3.63) is 18.2 Å². The smallest absolute Gasteiger partial charge is 0.253 e. The molecule has 0 spiro atoms. The molecule has 0 radical (unpaired) electrons. The van der Waals surface area contributed by atoms with Crippen molar-refractivity contribution in [3.8, 4) is 5.75 Å². The topological polar surface area (TPSA) is 73.6 Å². The Kier molecular flexibility index (Phi) is 7.61. The second kappa shape index (κ2) is 9.23. The molecule has 1 aromatic carbocycles. The predicted molar refractivity (Wildman–Crippen MR) is 85.6 cm³/mol. The third-order valence-electron chi connectivity index (χ3n) is 3.25. The zero-order valence-electron chi connectivity index (χ0n) is 13.1. The van der Waals surface area contributed by atoms with E-state index in [0.29, 0.717) is 23.7 Å². The Balaban J connectivity index is 2.41. The molecule has 0 aliphatic carbocycles. The summed E-state index contributed by atoms with van der Waals surface area (Å²) in [5.74, 6) is 0.466. The van der Waals surface area contributed by atoms with E-state index < -0.39 is 6.10 Å². The highest BCUT2D eigenvalue weighted by molar-refractivity contribution is 5.96. The van der Waals surface area contributed by atoms with Gasteiger partial charge < -0.3 is 20.5 Å². The van der Waals surface area contributed by atoms with E-state index >= 15 is 0 Å². The van der Waals surface area contributed by atoms with Gasteiger partial charge in [0.2, 0.25) is 0 Å². The lowest BCUT2D eigenvalue weighted by Crippen LogP contribution is -2.28. The van der Waals surface area contributed by atoms with Crippen molar-refractivity contribution in [1.29, 1.82) is 0 Å². The summed E-state index contributed by atoms with van der Waals surface area (Å²) in [4.78, 5) is 12.0. The van der Waals surface area contributed by atoms with Gasteiger partial charge in [0.15, 0.2) is 0 Å². The van der Waals surface area contributed by atoms with Gasteiger partial charge in [-0.25, -0.2) is 0 Å². The molecule has 1 unspecified atom stereocenters. The van der Waals surface area contributed by atoms with Crippen molar-refractivity contribution in [2.75, 3.05) is 24.8 Å². The quantitative estimate of drug-likeness (QED) is 0.542. The number of rotatable bonds is 9. The minimum absolute atomic E-state index is 0.192. The molecule has 5 heteroatoms. The van der Waals surface area contributed by atoms with Gasteiger partial charge in [-0.2, -0.15) is 0 Å². The van der Waals surface area contributed by atoms with Crippen LogP contribution in [0, 0.1) is 0 Å². The lowest BCUT2D eigenvalue weighted by Gasteiger charge is -2.15. The first kappa shape index (κ1) is 17.3. The molecular weight excluding hydrogens is 268 g/mol. The van der Waals surface area contributed by atoms with E-state index in [1.165, 1.54) is 12.8 Å². The molecular formula is C16H26N2O3. The molecule has 0 aromatic heterocycles. The van der Waals surface area contributed by atoms with E-state index in [1.807, 2.05) is 0 Å². The summed E-state index contributed by atoms with van der Waals surface area (Å²) in [6.45, 7) is 4.51. The molecule has 0 fully saturated rings. The number of benzene rings is 1. The highest BCUT2D eigenvalue weighted by Crippen LogP contribution is 2.24. The van der Waals surface area contributed by atoms with E-state index in [9.17, 15) is 4.79 Å². The van der Waals surface area contributed by atoms with E-state index in [-0.39, 0.29) is 5.91 Å². The number of nitrogen functional groups attached to an aromatic ring is 1. The molecule has 0 saturated heterocycles. The second-order valence-electron chi connectivity index (χ2n) is 5.02. The van der Waals surface area contributed by atoms with Crippen molar-refractivity contribution in [1.82, 2.24) is 0 Å². The Morgan fingerprint density at radius 3 is 2.71 bits per heavy atom. The Bertz CT molecular complexity index is 449. The summed E-state index contributed by atoms with van der Waals surface area (Å²) in [5.41, 5.74) is 6.91. The van der Waals surface area contributed by atoms with Crippen LogP contribution >= 0.6 is 0 Å². The predicted octanol–water partition coefficient (Wildman–Crippen LogP) is 3.20. The third kappa shape index (κ3) is 6.04. The Hall–Kier alpha value is -1.75. The zero-order chi connectivity index (χ0) is 15.7. The van der Waals surface area contributed by atoms with Gasteiger partial charge in [-0.15, -0.1) is 0 Å². The van der Waals surface area contributed by atoms with Crippen LogP contribution in [-0.2, 0) is 9.53 Å². The number of hydrogen-bond acceptors (Lipinski definition) is 4. The summed E-state index contributed by atoms with van der Waals surface area (Å²) < 4.78 is 10.6. The number of amides is 1. The monoisotopic (exact) mass is 294 g/mol. The largest absolute Gasteiger partial charge is 0.497 e. The van der Waals surface area contributed by atoms with Gasteiger partial charge in [-0.05, 0) is 25.5 Å². The van der Waals surface area contributed by atoms with E-state index in [4.69, 9.17) is 15.2 Å². The maximum Gasteiger partial charge on any atom is 0.253 e. The fourth-order valence-electron chi connectivity index (χ4n) is 1.88. The standard InChI is InChI=1S/C16H26N2O3/c1-4-5-6-7-10-21-12(2)16(19)18-15-9-8-13(20-3)11-14(15)17/h8-9,11-12H,4-7,10,17H2,1-3H3,(H,18,19). The first-order chi connectivity index (χ1) is 10.1. The lowest BCUT2D eigenvalue weighted by molar-refractivity contribution is -0.126. The first-order valence-corrected chi connectivity index (χ1v) is 7.44. The average Bonchev–Trinajstić information content (AvgIpc) is 2.48. The molecule has 5 nitrogen and oxygen atoms in total. The summed E-state index contributed by atoms with van der Waals surface area (Å²) in [6, 6.07) is 5.15. The Labute approximate surface area is 126 Å². The summed E-state index contributed by atoms with van der Waals surface area (Å²) in [7, 11) is 1.57. The van der Waals surface area contributed by atoms with Gasteiger partial charge in [-0.3, -0.25) is 4.79 Å². The molecule has 0 heterocycles. The van der Waals surface area contributed by atoms with Crippen molar-refractivity contribution in [2.24, 2.45) is 0 Å². The normalized spacial score (nSPS) is 12.0. The van der Waals surface area contributed by atoms with Gasteiger partial charge in [0, 0.05) is 12.7 Å². The van der Waals surface area contributed by atoms with Gasteiger partial charge in [0.1, 0.15) is 11.9 Å². The van der Waals surface area contributed by atoms with Crippen LogP contribution in [0.2, 0.25) is 0 Å². The average molecular weight is 294 g/mol. The maximum absolute atomic E-state index is 12.0. The Morgan fingerprint density at radius 1 is 1.33 bits per heavy atom. The number of carbonyl (C=O) groups excluding carboxylic acids is 1. The van der Waals surface area contributed by atoms with Crippen LogP contribution in [0.25, 0.3) is 0 Å². The summed E-state index contributed by atoms with van der Waals surface area (Å²) >= 11 is 0. The molecule has 0 aliphatic rings. The maximum atomic E-state index is 12.0. The van der Waals surface area contributed by atoms with Crippen molar-refractivity contribution in [2.45, 2.75) is 45.6 Å². The van der Waals surface area contributed by atoms with E-state index in [0.717, 1.165) is 12.8 Å². The number of anilines is 2. The first-order valence-electron chi connectivity index (χ1n) is 7.44. The number of ether oxygens (including phenoxy) is 2.